The summed E-state index contributed by atoms with van der Waals surface area (Å²) in [5.74, 6) is -0.244. The Morgan fingerprint density at radius 1 is 1.11 bits per heavy atom. The highest BCUT2D eigenvalue weighted by molar-refractivity contribution is 7.89. The van der Waals surface area contributed by atoms with Gasteiger partial charge in [-0.2, -0.15) is 4.31 Å². The van der Waals surface area contributed by atoms with E-state index in [1.807, 2.05) is 7.05 Å². The van der Waals surface area contributed by atoms with Crippen molar-refractivity contribution in [2.45, 2.75) is 42.9 Å². The van der Waals surface area contributed by atoms with E-state index in [0.717, 1.165) is 25.7 Å². The number of rotatable bonds is 7. The minimum Gasteiger partial charge on any atom is -0.304 e. The molecule has 3 heterocycles. The van der Waals surface area contributed by atoms with E-state index in [9.17, 15) is 13.2 Å². The van der Waals surface area contributed by atoms with E-state index in [2.05, 4.69) is 20.2 Å². The number of hydrogen-bond donors (Lipinski definition) is 1. The van der Waals surface area contributed by atoms with Gasteiger partial charge in [-0.15, -0.1) is 0 Å². The van der Waals surface area contributed by atoms with Gasteiger partial charge in [-0.05, 0) is 49.2 Å². The van der Waals surface area contributed by atoms with Crippen molar-refractivity contribution in [2.24, 2.45) is 5.92 Å². The van der Waals surface area contributed by atoms with Gasteiger partial charge in [0.1, 0.15) is 20.4 Å². The number of thiazole rings is 1. The third kappa shape index (κ3) is 5.94. The number of halogens is 2. The fourth-order valence-electron chi connectivity index (χ4n) is 5.12. The normalized spacial score (nSPS) is 18.9. The number of benzene rings is 1. The number of fused-ring (bicyclic) bond motifs is 1. The van der Waals surface area contributed by atoms with Gasteiger partial charge in [-0.25, -0.2) is 18.4 Å². The number of hydrogen-bond acceptors (Lipinski definition) is 7. The number of piperazine rings is 1. The average Bonchev–Trinajstić information content (AvgIpc) is 3.51. The van der Waals surface area contributed by atoms with Crippen LogP contribution in [0.4, 0.5) is 5.13 Å². The molecule has 198 valence electrons. The summed E-state index contributed by atoms with van der Waals surface area (Å²) < 4.78 is 28.0. The third-order valence-electron chi connectivity index (χ3n) is 7.25. The zero-order valence-electron chi connectivity index (χ0n) is 20.5. The molecule has 2 fully saturated rings. The molecule has 1 N–H and O–H groups in total. The standard InChI is InChI=1S/C25H29Cl2N5O3S2/c1-31-10-12-32(13-11-31)37(34,35)21-8-6-17(15-19(21)26)18(14-16-4-2-3-5-16)23(33)30-25-28-20-7-9-22(27)29-24(20)36-25/h6-9,15-16,18H,2-5,10-14H2,1H3,(H,28,30,33)/t18-/m1/s1. The average molecular weight is 583 g/mol. The SMILES string of the molecule is CN1CCN(S(=O)(=O)c2ccc([C@@H](CC3CCCC3)C(=O)Nc3nc4ccc(Cl)nc4s3)cc2Cl)CC1. The molecule has 0 unspecified atom stereocenters. The lowest BCUT2D eigenvalue weighted by Crippen LogP contribution is -2.47. The first-order valence-corrected chi connectivity index (χ1v) is 15.4. The van der Waals surface area contributed by atoms with E-state index in [0.29, 0.717) is 64.7 Å². The molecule has 12 heteroatoms. The number of amides is 1. The van der Waals surface area contributed by atoms with E-state index in [-0.39, 0.29) is 15.8 Å². The number of anilines is 1. The summed E-state index contributed by atoms with van der Waals surface area (Å²) >= 11 is 13.8. The number of nitrogens with zero attached hydrogens (tertiary/aromatic N) is 4. The number of carbonyl (C=O) groups excluding carboxylic acids is 1. The van der Waals surface area contributed by atoms with Gasteiger partial charge in [0, 0.05) is 26.2 Å². The van der Waals surface area contributed by atoms with E-state index in [1.165, 1.54) is 15.6 Å². The highest BCUT2D eigenvalue weighted by atomic mass is 35.5. The van der Waals surface area contributed by atoms with Crippen LogP contribution in [0.25, 0.3) is 10.3 Å². The van der Waals surface area contributed by atoms with Gasteiger partial charge < -0.3 is 10.2 Å². The van der Waals surface area contributed by atoms with Gasteiger partial charge in [0.25, 0.3) is 0 Å². The zero-order valence-corrected chi connectivity index (χ0v) is 23.6. The molecular formula is C25H29Cl2N5O3S2. The molecule has 8 nitrogen and oxygen atoms in total. The number of sulfonamides is 1. The Morgan fingerprint density at radius 2 is 1.84 bits per heavy atom. The Hall–Kier alpha value is -1.82. The summed E-state index contributed by atoms with van der Waals surface area (Å²) in [6.07, 6.45) is 5.15. The fraction of sp³-hybridized carbons (Fsp3) is 0.480. The van der Waals surface area contributed by atoms with Gasteiger partial charge >= 0.3 is 0 Å². The van der Waals surface area contributed by atoms with Crippen LogP contribution in [-0.4, -0.2) is 66.7 Å². The first-order chi connectivity index (χ1) is 17.7. The van der Waals surface area contributed by atoms with E-state index in [1.54, 1.807) is 30.3 Å². The molecule has 1 aliphatic carbocycles. The van der Waals surface area contributed by atoms with Crippen molar-refractivity contribution in [3.8, 4) is 0 Å². The highest BCUT2D eigenvalue weighted by Gasteiger charge is 2.32. The molecule has 2 aromatic heterocycles. The van der Waals surface area contributed by atoms with Gasteiger partial charge in [0.15, 0.2) is 5.13 Å². The first kappa shape index (κ1) is 26.8. The van der Waals surface area contributed by atoms with Gasteiger partial charge in [0.05, 0.1) is 10.9 Å². The van der Waals surface area contributed by atoms with Crippen molar-refractivity contribution in [1.29, 1.82) is 0 Å². The Labute approximate surface area is 231 Å². The molecule has 1 saturated heterocycles. The molecule has 5 rings (SSSR count). The number of likely N-dealkylation sites (N-methyl/N-ethyl adjacent to an activating group) is 1. The molecule has 2 aliphatic rings. The summed E-state index contributed by atoms with van der Waals surface area (Å²) in [5.41, 5.74) is 1.37. The summed E-state index contributed by atoms with van der Waals surface area (Å²) in [7, 11) is -1.75. The maximum atomic E-state index is 13.6. The molecule has 1 aliphatic heterocycles. The molecular weight excluding hydrogens is 553 g/mol. The second-order valence-electron chi connectivity index (χ2n) is 9.80. The largest absolute Gasteiger partial charge is 0.304 e. The minimum atomic E-state index is -3.72. The number of carbonyl (C=O) groups is 1. The van der Waals surface area contributed by atoms with Crippen LogP contribution < -0.4 is 5.32 Å². The quantitative estimate of drug-likeness (QED) is 0.383. The number of aromatic nitrogens is 2. The fourth-order valence-corrected chi connectivity index (χ4v) is 8.11. The Bertz CT molecular complexity index is 1400. The predicted octanol–water partition coefficient (Wildman–Crippen LogP) is 5.24. The molecule has 37 heavy (non-hydrogen) atoms. The van der Waals surface area contributed by atoms with Crippen LogP contribution in [0.2, 0.25) is 10.2 Å². The summed E-state index contributed by atoms with van der Waals surface area (Å²) in [5, 5.41) is 3.91. The highest BCUT2D eigenvalue weighted by Crippen LogP contribution is 2.37. The van der Waals surface area contributed by atoms with Gasteiger partial charge in [-0.1, -0.05) is 66.3 Å². The second kappa shape index (κ2) is 11.1. The van der Waals surface area contributed by atoms with Crippen molar-refractivity contribution in [3.05, 3.63) is 46.1 Å². The number of nitrogens with one attached hydrogen (secondary N) is 1. The molecule has 0 bridgehead atoms. The van der Waals surface area contributed by atoms with E-state index in [4.69, 9.17) is 23.2 Å². The molecule has 0 spiro atoms. The van der Waals surface area contributed by atoms with Crippen LogP contribution in [0.3, 0.4) is 0 Å². The van der Waals surface area contributed by atoms with Crippen LogP contribution in [0.5, 0.6) is 0 Å². The van der Waals surface area contributed by atoms with Crippen molar-refractivity contribution >= 4 is 65.9 Å². The molecule has 3 aromatic rings. The zero-order chi connectivity index (χ0) is 26.2. The van der Waals surface area contributed by atoms with Gasteiger partial charge in [0.2, 0.25) is 15.9 Å². The minimum absolute atomic E-state index is 0.0802. The molecule has 1 saturated carbocycles. The van der Waals surface area contributed by atoms with Crippen LogP contribution in [0, 0.1) is 5.92 Å². The summed E-state index contributed by atoms with van der Waals surface area (Å²) in [4.78, 5) is 25.1. The maximum Gasteiger partial charge on any atom is 0.244 e. The smallest absolute Gasteiger partial charge is 0.244 e. The third-order valence-corrected chi connectivity index (χ3v) is 10.7. The lowest BCUT2D eigenvalue weighted by Gasteiger charge is -2.31. The molecule has 1 amide bonds. The molecule has 0 radical (unpaired) electrons. The first-order valence-electron chi connectivity index (χ1n) is 12.4. The summed E-state index contributed by atoms with van der Waals surface area (Å²) in [6.45, 7) is 2.19. The monoisotopic (exact) mass is 581 g/mol. The Kier molecular flexibility index (Phi) is 8.04. The molecule has 1 atom stereocenters. The lowest BCUT2D eigenvalue weighted by molar-refractivity contribution is -0.118. The van der Waals surface area contributed by atoms with E-state index >= 15 is 0 Å². The lowest BCUT2D eigenvalue weighted by atomic mass is 9.87. The van der Waals surface area contributed by atoms with E-state index < -0.39 is 15.9 Å². The van der Waals surface area contributed by atoms with Crippen LogP contribution >= 0.6 is 34.5 Å². The maximum absolute atomic E-state index is 13.6. The van der Waals surface area contributed by atoms with Gasteiger partial charge in [-0.3, -0.25) is 4.79 Å². The van der Waals surface area contributed by atoms with Crippen LogP contribution in [0.15, 0.2) is 35.2 Å². The Morgan fingerprint density at radius 3 is 2.54 bits per heavy atom. The predicted molar refractivity (Wildman–Crippen MR) is 148 cm³/mol. The molecule has 1 aromatic carbocycles. The van der Waals surface area contributed by atoms with Crippen molar-refractivity contribution in [1.82, 2.24) is 19.2 Å². The number of pyridine rings is 1. The van der Waals surface area contributed by atoms with Crippen molar-refractivity contribution in [2.75, 3.05) is 38.5 Å². The second-order valence-corrected chi connectivity index (χ2v) is 13.5. The van der Waals surface area contributed by atoms with Crippen LogP contribution in [-0.2, 0) is 14.8 Å². The van der Waals surface area contributed by atoms with Crippen molar-refractivity contribution < 1.29 is 13.2 Å². The van der Waals surface area contributed by atoms with Crippen LogP contribution in [0.1, 0.15) is 43.6 Å². The summed E-state index contributed by atoms with van der Waals surface area (Å²) in [6, 6.07) is 8.35. The van der Waals surface area contributed by atoms with Crippen molar-refractivity contribution in [3.63, 3.8) is 0 Å². The topological polar surface area (TPSA) is 95.5 Å². The Balaban J connectivity index is 1.40.